The fourth-order valence-electron chi connectivity index (χ4n) is 3.59. The number of thiophene rings is 1. The molecule has 2 N–H and O–H groups in total. The summed E-state index contributed by atoms with van der Waals surface area (Å²) in [6.07, 6.45) is 1.95. The second-order valence-electron chi connectivity index (χ2n) is 7.27. The van der Waals surface area contributed by atoms with E-state index in [4.69, 9.17) is 9.47 Å². The molecule has 1 saturated heterocycles. The first-order valence-corrected chi connectivity index (χ1v) is 11.0. The number of ether oxygens (including phenoxy) is 2. The van der Waals surface area contributed by atoms with Crippen molar-refractivity contribution >= 4 is 34.7 Å². The Morgan fingerprint density at radius 2 is 1.81 bits per heavy atom. The number of carbonyl (C=O) groups is 3. The Morgan fingerprint density at radius 3 is 2.39 bits per heavy atom. The van der Waals surface area contributed by atoms with Crippen LogP contribution in [0.4, 0.5) is 5.69 Å². The molecule has 0 saturated carbocycles. The van der Waals surface area contributed by atoms with Gasteiger partial charge >= 0.3 is 0 Å². The molecular weight excluding hydrogens is 418 g/mol. The summed E-state index contributed by atoms with van der Waals surface area (Å²) in [6, 6.07) is 6.49. The monoisotopic (exact) mass is 445 g/mol. The van der Waals surface area contributed by atoms with Crippen LogP contribution in [-0.4, -0.2) is 49.9 Å². The van der Waals surface area contributed by atoms with Crippen LogP contribution in [0.2, 0.25) is 0 Å². The van der Waals surface area contributed by atoms with E-state index >= 15 is 0 Å². The molecule has 1 aromatic carbocycles. The van der Waals surface area contributed by atoms with Crippen LogP contribution in [0.3, 0.4) is 0 Å². The molecular formula is C22H27N3O5S. The van der Waals surface area contributed by atoms with Gasteiger partial charge in [0.15, 0.2) is 11.5 Å². The SMILES string of the molecule is COc1cc(NC(=O)CC(NC(C)=O)c2cccs2)c(C(=O)N2CCCC2)cc1OC. The lowest BCUT2D eigenvalue weighted by atomic mass is 10.1. The normalized spacial score (nSPS) is 14.1. The molecule has 1 aliphatic rings. The standard InChI is InChI=1S/C22H27N3O5S/c1-14(26)23-17(20-7-6-10-31-20)13-21(27)24-16-12-19(30-3)18(29-2)11-15(16)22(28)25-8-4-5-9-25/h6-7,10-12,17H,4-5,8-9,13H2,1-3H3,(H,23,26)(H,24,27). The maximum Gasteiger partial charge on any atom is 0.256 e. The molecule has 0 spiro atoms. The van der Waals surface area contributed by atoms with E-state index in [0.717, 1.165) is 17.7 Å². The molecule has 1 aromatic heterocycles. The van der Waals surface area contributed by atoms with Crippen molar-refractivity contribution in [3.63, 3.8) is 0 Å². The number of rotatable bonds is 8. The summed E-state index contributed by atoms with van der Waals surface area (Å²) in [5, 5.41) is 7.54. The van der Waals surface area contributed by atoms with Crippen LogP contribution < -0.4 is 20.1 Å². The summed E-state index contributed by atoms with van der Waals surface area (Å²) in [7, 11) is 2.99. The predicted molar refractivity (Wildman–Crippen MR) is 119 cm³/mol. The van der Waals surface area contributed by atoms with Crippen LogP contribution in [0, 0.1) is 0 Å². The molecule has 8 nitrogen and oxygen atoms in total. The highest BCUT2D eigenvalue weighted by atomic mass is 32.1. The zero-order valence-corrected chi connectivity index (χ0v) is 18.7. The Morgan fingerprint density at radius 1 is 1.13 bits per heavy atom. The highest BCUT2D eigenvalue weighted by Crippen LogP contribution is 2.35. The van der Waals surface area contributed by atoms with Crippen molar-refractivity contribution in [1.29, 1.82) is 0 Å². The van der Waals surface area contributed by atoms with Gasteiger partial charge in [-0.3, -0.25) is 14.4 Å². The Labute approximate surface area is 185 Å². The van der Waals surface area contributed by atoms with Gasteiger partial charge in [-0.1, -0.05) is 6.07 Å². The highest BCUT2D eigenvalue weighted by molar-refractivity contribution is 7.10. The molecule has 2 heterocycles. The summed E-state index contributed by atoms with van der Waals surface area (Å²) in [4.78, 5) is 40.3. The third-order valence-electron chi connectivity index (χ3n) is 5.08. The van der Waals surface area contributed by atoms with E-state index in [9.17, 15) is 14.4 Å². The van der Waals surface area contributed by atoms with Gasteiger partial charge < -0.3 is 25.0 Å². The minimum absolute atomic E-state index is 0.0335. The Bertz CT molecular complexity index is 939. The summed E-state index contributed by atoms with van der Waals surface area (Å²) in [5.41, 5.74) is 0.701. The fraction of sp³-hybridized carbons (Fsp3) is 0.409. The predicted octanol–water partition coefficient (Wildman–Crippen LogP) is 3.21. The van der Waals surface area contributed by atoms with E-state index in [1.807, 2.05) is 17.5 Å². The molecule has 1 fully saturated rings. The highest BCUT2D eigenvalue weighted by Gasteiger charge is 2.26. The van der Waals surface area contributed by atoms with Crippen molar-refractivity contribution in [2.24, 2.45) is 0 Å². The molecule has 0 radical (unpaired) electrons. The minimum Gasteiger partial charge on any atom is -0.493 e. The first-order valence-electron chi connectivity index (χ1n) is 10.1. The second kappa shape index (κ2) is 10.3. The molecule has 1 aliphatic heterocycles. The van der Waals surface area contributed by atoms with Crippen molar-refractivity contribution in [1.82, 2.24) is 10.2 Å². The average Bonchev–Trinajstić information content (AvgIpc) is 3.46. The van der Waals surface area contributed by atoms with Crippen molar-refractivity contribution in [3.05, 3.63) is 40.1 Å². The van der Waals surface area contributed by atoms with Gasteiger partial charge in [0.1, 0.15) is 0 Å². The minimum atomic E-state index is -0.449. The van der Waals surface area contributed by atoms with Crippen LogP contribution >= 0.6 is 11.3 Å². The van der Waals surface area contributed by atoms with Crippen molar-refractivity contribution in [3.8, 4) is 11.5 Å². The third-order valence-corrected chi connectivity index (χ3v) is 6.06. The van der Waals surface area contributed by atoms with E-state index in [2.05, 4.69) is 10.6 Å². The molecule has 3 rings (SSSR count). The Kier molecular flexibility index (Phi) is 7.51. The molecule has 31 heavy (non-hydrogen) atoms. The number of hydrogen-bond acceptors (Lipinski definition) is 6. The molecule has 1 unspecified atom stereocenters. The Balaban J connectivity index is 1.86. The number of likely N-dealkylation sites (tertiary alicyclic amines) is 1. The quantitative estimate of drug-likeness (QED) is 0.650. The van der Waals surface area contributed by atoms with Crippen molar-refractivity contribution < 1.29 is 23.9 Å². The summed E-state index contributed by atoms with van der Waals surface area (Å²) >= 11 is 1.47. The van der Waals surface area contributed by atoms with Gasteiger partial charge in [0.2, 0.25) is 11.8 Å². The van der Waals surface area contributed by atoms with Crippen LogP contribution in [0.5, 0.6) is 11.5 Å². The third kappa shape index (κ3) is 5.55. The number of methoxy groups -OCH3 is 2. The molecule has 166 valence electrons. The van der Waals surface area contributed by atoms with E-state index in [1.54, 1.807) is 17.0 Å². The maximum absolute atomic E-state index is 13.1. The number of nitrogens with zero attached hydrogens (tertiary/aromatic N) is 1. The largest absolute Gasteiger partial charge is 0.493 e. The van der Waals surface area contributed by atoms with Crippen molar-refractivity contribution in [2.45, 2.75) is 32.2 Å². The van der Waals surface area contributed by atoms with Gasteiger partial charge in [0.05, 0.1) is 37.9 Å². The lowest BCUT2D eigenvalue weighted by Gasteiger charge is -2.21. The molecule has 1 atom stereocenters. The summed E-state index contributed by atoms with van der Waals surface area (Å²) < 4.78 is 10.7. The van der Waals surface area contributed by atoms with Gasteiger partial charge in [-0.15, -0.1) is 11.3 Å². The number of benzene rings is 1. The van der Waals surface area contributed by atoms with Gasteiger partial charge in [0.25, 0.3) is 5.91 Å². The van der Waals surface area contributed by atoms with Crippen LogP contribution in [0.15, 0.2) is 29.6 Å². The van der Waals surface area contributed by atoms with E-state index in [0.29, 0.717) is 35.8 Å². The molecule has 3 amide bonds. The van der Waals surface area contributed by atoms with E-state index in [-0.39, 0.29) is 24.1 Å². The zero-order chi connectivity index (χ0) is 22.4. The van der Waals surface area contributed by atoms with E-state index < -0.39 is 6.04 Å². The molecule has 0 bridgehead atoms. The molecule has 2 aromatic rings. The number of hydrogen-bond donors (Lipinski definition) is 2. The smallest absolute Gasteiger partial charge is 0.256 e. The van der Waals surface area contributed by atoms with Crippen molar-refractivity contribution in [2.75, 3.05) is 32.6 Å². The fourth-order valence-corrected chi connectivity index (χ4v) is 4.37. The zero-order valence-electron chi connectivity index (χ0n) is 17.9. The van der Waals surface area contributed by atoms with Gasteiger partial charge in [0, 0.05) is 31.0 Å². The lowest BCUT2D eigenvalue weighted by Crippen LogP contribution is -2.31. The molecule has 9 heteroatoms. The van der Waals surface area contributed by atoms with Gasteiger partial charge in [-0.05, 0) is 30.4 Å². The average molecular weight is 446 g/mol. The first kappa shape index (κ1) is 22.6. The van der Waals surface area contributed by atoms with Gasteiger partial charge in [-0.2, -0.15) is 0 Å². The summed E-state index contributed by atoms with van der Waals surface area (Å²) in [5.74, 6) is 0.118. The van der Waals surface area contributed by atoms with Gasteiger partial charge in [-0.25, -0.2) is 0 Å². The first-order chi connectivity index (χ1) is 14.9. The van der Waals surface area contributed by atoms with Crippen LogP contribution in [0.1, 0.15) is 47.5 Å². The second-order valence-corrected chi connectivity index (χ2v) is 8.25. The lowest BCUT2D eigenvalue weighted by molar-refractivity contribution is -0.120. The number of carbonyl (C=O) groups excluding carboxylic acids is 3. The maximum atomic E-state index is 13.1. The Hall–Kier alpha value is -3.07. The topological polar surface area (TPSA) is 97.0 Å². The van der Waals surface area contributed by atoms with Crippen LogP contribution in [0.25, 0.3) is 0 Å². The summed E-state index contributed by atoms with van der Waals surface area (Å²) in [6.45, 7) is 2.78. The van der Waals surface area contributed by atoms with E-state index in [1.165, 1.54) is 32.5 Å². The number of amides is 3. The molecule has 0 aliphatic carbocycles. The number of nitrogens with one attached hydrogen (secondary N) is 2. The number of anilines is 1. The van der Waals surface area contributed by atoms with Crippen LogP contribution in [-0.2, 0) is 9.59 Å².